The second-order valence-corrected chi connectivity index (χ2v) is 4.74. The van der Waals surface area contributed by atoms with Crippen molar-refractivity contribution in [2.75, 3.05) is 25.0 Å². The van der Waals surface area contributed by atoms with Gasteiger partial charge in [0.15, 0.2) is 0 Å². The van der Waals surface area contributed by atoms with Crippen LogP contribution in [0.2, 0.25) is 0 Å². The van der Waals surface area contributed by atoms with Crippen LogP contribution in [0, 0.1) is 0 Å². The van der Waals surface area contributed by atoms with Crippen molar-refractivity contribution in [1.29, 1.82) is 0 Å². The summed E-state index contributed by atoms with van der Waals surface area (Å²) in [5, 5.41) is 3.28. The molecule has 1 amide bonds. The minimum Gasteiger partial charge on any atom is -0.369 e. The number of anilines is 1. The zero-order valence-electron chi connectivity index (χ0n) is 11.8. The smallest absolute Gasteiger partial charge is 0.224 e. The molecule has 0 atom stereocenters. The molecule has 1 aliphatic rings. The van der Waals surface area contributed by atoms with E-state index in [1.54, 1.807) is 6.33 Å². The van der Waals surface area contributed by atoms with Gasteiger partial charge in [0.2, 0.25) is 5.91 Å². The summed E-state index contributed by atoms with van der Waals surface area (Å²) in [5.74, 6) is 1.11. The Labute approximate surface area is 114 Å². The van der Waals surface area contributed by atoms with Crippen molar-refractivity contribution in [2.45, 2.75) is 39.5 Å². The Morgan fingerprint density at radius 2 is 2.11 bits per heavy atom. The lowest BCUT2D eigenvalue weighted by Crippen LogP contribution is -2.31. The first-order chi connectivity index (χ1) is 9.26. The summed E-state index contributed by atoms with van der Waals surface area (Å²) < 4.78 is 0. The second-order valence-electron chi connectivity index (χ2n) is 4.74. The number of rotatable bonds is 6. The third kappa shape index (κ3) is 3.22. The fourth-order valence-corrected chi connectivity index (χ4v) is 2.53. The van der Waals surface area contributed by atoms with Crippen LogP contribution < -0.4 is 5.32 Å². The summed E-state index contributed by atoms with van der Waals surface area (Å²) in [7, 11) is 0. The molecule has 5 heteroatoms. The van der Waals surface area contributed by atoms with Gasteiger partial charge in [0, 0.05) is 37.3 Å². The average molecular weight is 262 g/mol. The molecule has 1 aromatic rings. The molecule has 0 unspecified atom stereocenters. The third-order valence-corrected chi connectivity index (χ3v) is 3.62. The number of fused-ring (bicyclic) bond motifs is 1. The van der Waals surface area contributed by atoms with Crippen molar-refractivity contribution < 1.29 is 4.79 Å². The number of hydrogen-bond acceptors (Lipinski definition) is 4. The fraction of sp³-hybridized carbons (Fsp3) is 0.643. The molecule has 1 aliphatic carbocycles. The minimum atomic E-state index is 0.197. The van der Waals surface area contributed by atoms with Gasteiger partial charge in [-0.1, -0.05) is 0 Å². The van der Waals surface area contributed by atoms with Crippen molar-refractivity contribution in [3.8, 4) is 0 Å². The van der Waals surface area contributed by atoms with Crippen LogP contribution in [0.15, 0.2) is 6.33 Å². The monoisotopic (exact) mass is 262 g/mol. The van der Waals surface area contributed by atoms with Gasteiger partial charge in [-0.15, -0.1) is 0 Å². The van der Waals surface area contributed by atoms with Crippen molar-refractivity contribution >= 4 is 11.7 Å². The highest BCUT2D eigenvalue weighted by Gasteiger charge is 2.17. The number of hydrogen-bond donors (Lipinski definition) is 1. The fourth-order valence-electron chi connectivity index (χ4n) is 2.53. The summed E-state index contributed by atoms with van der Waals surface area (Å²) in [5.41, 5.74) is 2.39. The van der Waals surface area contributed by atoms with Crippen LogP contribution in [-0.4, -0.2) is 40.4 Å². The number of aryl methyl sites for hydroxylation is 1. The molecule has 0 fully saturated rings. The lowest BCUT2D eigenvalue weighted by Gasteiger charge is -2.18. The van der Waals surface area contributed by atoms with Crippen molar-refractivity contribution in [1.82, 2.24) is 14.9 Å². The van der Waals surface area contributed by atoms with E-state index in [-0.39, 0.29) is 5.91 Å². The number of nitrogens with one attached hydrogen (secondary N) is 1. The molecule has 0 aliphatic heterocycles. The Balaban J connectivity index is 1.87. The Hall–Kier alpha value is -1.65. The van der Waals surface area contributed by atoms with E-state index < -0.39 is 0 Å². The number of amides is 1. The van der Waals surface area contributed by atoms with Crippen molar-refractivity contribution in [2.24, 2.45) is 0 Å². The van der Waals surface area contributed by atoms with E-state index in [0.717, 1.165) is 43.9 Å². The molecule has 104 valence electrons. The zero-order valence-corrected chi connectivity index (χ0v) is 11.8. The predicted octanol–water partition coefficient (Wildman–Crippen LogP) is 1.64. The lowest BCUT2D eigenvalue weighted by atomic mass is 10.2. The third-order valence-electron chi connectivity index (χ3n) is 3.62. The Morgan fingerprint density at radius 3 is 2.84 bits per heavy atom. The maximum Gasteiger partial charge on any atom is 0.224 e. The van der Waals surface area contributed by atoms with Crippen molar-refractivity contribution in [3.63, 3.8) is 0 Å². The molecular formula is C14H22N4O. The maximum absolute atomic E-state index is 11.9. The Bertz CT molecular complexity index is 443. The van der Waals surface area contributed by atoms with E-state index in [0.29, 0.717) is 13.0 Å². The van der Waals surface area contributed by atoms with Gasteiger partial charge in [0.05, 0.1) is 0 Å². The molecule has 1 heterocycles. The topological polar surface area (TPSA) is 58.1 Å². The second kappa shape index (κ2) is 6.50. The summed E-state index contributed by atoms with van der Waals surface area (Å²) >= 11 is 0. The number of aromatic nitrogens is 2. The number of carbonyl (C=O) groups excluding carboxylic acids is 1. The molecule has 1 N–H and O–H groups in total. The van der Waals surface area contributed by atoms with Crippen LogP contribution in [0.1, 0.15) is 37.9 Å². The highest BCUT2D eigenvalue weighted by Crippen LogP contribution is 2.24. The van der Waals surface area contributed by atoms with Crippen LogP contribution in [-0.2, 0) is 17.6 Å². The zero-order chi connectivity index (χ0) is 13.7. The predicted molar refractivity (Wildman–Crippen MR) is 75.1 cm³/mol. The largest absolute Gasteiger partial charge is 0.369 e. The highest BCUT2D eigenvalue weighted by molar-refractivity contribution is 5.76. The molecule has 1 aromatic heterocycles. The van der Waals surface area contributed by atoms with Gasteiger partial charge in [-0.3, -0.25) is 4.79 Å². The quantitative estimate of drug-likeness (QED) is 0.846. The van der Waals surface area contributed by atoms with Gasteiger partial charge in [0.25, 0.3) is 0 Å². The summed E-state index contributed by atoms with van der Waals surface area (Å²) in [6.07, 6.45) is 5.37. The van der Waals surface area contributed by atoms with Crippen LogP contribution >= 0.6 is 0 Å². The first kappa shape index (κ1) is 13.8. The van der Waals surface area contributed by atoms with Gasteiger partial charge in [0.1, 0.15) is 12.1 Å². The number of nitrogens with zero attached hydrogens (tertiary/aromatic N) is 3. The average Bonchev–Trinajstić information content (AvgIpc) is 2.89. The molecule has 19 heavy (non-hydrogen) atoms. The van der Waals surface area contributed by atoms with Crippen LogP contribution in [0.5, 0.6) is 0 Å². The van der Waals surface area contributed by atoms with E-state index in [1.807, 2.05) is 18.7 Å². The first-order valence-corrected chi connectivity index (χ1v) is 7.10. The van der Waals surface area contributed by atoms with Gasteiger partial charge in [-0.2, -0.15) is 0 Å². The van der Waals surface area contributed by atoms with Gasteiger partial charge in [-0.05, 0) is 33.1 Å². The van der Waals surface area contributed by atoms with E-state index in [2.05, 4.69) is 15.3 Å². The van der Waals surface area contributed by atoms with Crippen LogP contribution in [0.4, 0.5) is 5.82 Å². The highest BCUT2D eigenvalue weighted by atomic mass is 16.2. The minimum absolute atomic E-state index is 0.197. The van der Waals surface area contributed by atoms with E-state index >= 15 is 0 Å². The molecule has 2 rings (SSSR count). The molecule has 0 saturated carbocycles. The normalized spacial score (nSPS) is 13.2. The summed E-state index contributed by atoms with van der Waals surface area (Å²) in [6, 6.07) is 0. The van der Waals surface area contributed by atoms with E-state index in [4.69, 9.17) is 0 Å². The first-order valence-electron chi connectivity index (χ1n) is 7.10. The standard InChI is InChI=1S/C14H22N4O/c1-3-18(4-2)13(19)8-9-15-14-11-6-5-7-12(11)16-10-17-14/h10H,3-9H2,1-2H3,(H,15,16,17). The lowest BCUT2D eigenvalue weighted by molar-refractivity contribution is -0.130. The summed E-state index contributed by atoms with van der Waals surface area (Å²) in [4.78, 5) is 22.3. The van der Waals surface area contributed by atoms with Crippen LogP contribution in [0.3, 0.4) is 0 Å². The molecule has 0 spiro atoms. The van der Waals surface area contributed by atoms with Gasteiger partial charge < -0.3 is 10.2 Å². The molecule has 0 radical (unpaired) electrons. The molecule has 0 aromatic carbocycles. The number of carbonyl (C=O) groups is 1. The van der Waals surface area contributed by atoms with Crippen LogP contribution in [0.25, 0.3) is 0 Å². The van der Waals surface area contributed by atoms with E-state index in [9.17, 15) is 4.79 Å². The van der Waals surface area contributed by atoms with Gasteiger partial charge >= 0.3 is 0 Å². The SMILES string of the molecule is CCN(CC)C(=O)CCNc1ncnc2c1CCC2. The molecule has 5 nitrogen and oxygen atoms in total. The van der Waals surface area contributed by atoms with Gasteiger partial charge in [-0.25, -0.2) is 9.97 Å². The molecule has 0 saturated heterocycles. The van der Waals surface area contributed by atoms with Crippen molar-refractivity contribution in [3.05, 3.63) is 17.6 Å². The molecular weight excluding hydrogens is 240 g/mol. The summed E-state index contributed by atoms with van der Waals surface area (Å²) in [6.45, 7) is 6.20. The van der Waals surface area contributed by atoms with E-state index in [1.165, 1.54) is 5.56 Å². The Morgan fingerprint density at radius 1 is 1.32 bits per heavy atom. The Kier molecular flexibility index (Phi) is 4.71. The molecule has 0 bridgehead atoms. The maximum atomic E-state index is 11.9.